The maximum absolute atomic E-state index is 13.9. The van der Waals surface area contributed by atoms with E-state index in [2.05, 4.69) is 20.6 Å². The number of nitrogens with zero attached hydrogens (tertiary/aromatic N) is 1. The highest BCUT2D eigenvalue weighted by molar-refractivity contribution is 6.03. The van der Waals surface area contributed by atoms with E-state index in [-0.39, 0.29) is 28.0 Å². The summed E-state index contributed by atoms with van der Waals surface area (Å²) >= 11 is 0. The van der Waals surface area contributed by atoms with Crippen molar-refractivity contribution in [1.82, 2.24) is 15.3 Å². The lowest BCUT2D eigenvalue weighted by Crippen LogP contribution is -2.20. The molecule has 4 aromatic rings. The molecule has 0 bridgehead atoms. The maximum atomic E-state index is 13.9. The number of halogens is 4. The predicted molar refractivity (Wildman–Crippen MR) is 114 cm³/mol. The number of nitrogens with one attached hydrogen (secondary N) is 3. The Balaban J connectivity index is 1.93. The number of hydrogen-bond donors (Lipinski definition) is 3. The number of rotatable bonds is 4. The highest BCUT2D eigenvalue weighted by Crippen LogP contribution is 2.41. The molecule has 5 nitrogen and oxygen atoms in total. The molecule has 0 unspecified atom stereocenters. The Labute approximate surface area is 180 Å². The summed E-state index contributed by atoms with van der Waals surface area (Å²) in [4.78, 5) is 19.2. The Morgan fingerprint density at radius 1 is 1.06 bits per heavy atom. The fourth-order valence-electron chi connectivity index (χ4n) is 3.49. The quantitative estimate of drug-likeness (QED) is 0.350. The zero-order chi connectivity index (χ0) is 23.0. The van der Waals surface area contributed by atoms with Crippen LogP contribution >= 0.6 is 0 Å². The molecule has 0 atom stereocenters. The monoisotopic (exact) mass is 442 g/mol. The van der Waals surface area contributed by atoms with Crippen LogP contribution in [-0.4, -0.2) is 22.9 Å². The molecule has 0 radical (unpaired) electrons. The molecule has 2 heterocycles. The molecule has 0 spiro atoms. The van der Waals surface area contributed by atoms with E-state index in [1.807, 2.05) is 0 Å². The van der Waals surface area contributed by atoms with Crippen molar-refractivity contribution in [2.75, 3.05) is 12.4 Å². The molecule has 0 aliphatic carbocycles. The number of aryl methyl sites for hydroxylation is 1. The van der Waals surface area contributed by atoms with Crippen LogP contribution in [0, 0.1) is 12.7 Å². The van der Waals surface area contributed by atoms with Crippen LogP contribution in [0.25, 0.3) is 22.3 Å². The first-order valence-corrected chi connectivity index (χ1v) is 9.62. The summed E-state index contributed by atoms with van der Waals surface area (Å²) in [6.45, 7) is 1.70. The van der Waals surface area contributed by atoms with E-state index in [1.54, 1.807) is 19.1 Å². The molecule has 9 heteroatoms. The Bertz CT molecular complexity index is 1310. The highest BCUT2D eigenvalue weighted by Gasteiger charge is 2.36. The van der Waals surface area contributed by atoms with Crippen molar-refractivity contribution in [3.63, 3.8) is 0 Å². The third-order valence-electron chi connectivity index (χ3n) is 5.11. The number of alkyl halides is 3. The second-order valence-electron chi connectivity index (χ2n) is 7.20. The molecule has 3 N–H and O–H groups in total. The van der Waals surface area contributed by atoms with Gasteiger partial charge in [0.25, 0.3) is 5.91 Å². The van der Waals surface area contributed by atoms with Crippen molar-refractivity contribution in [2.24, 2.45) is 0 Å². The van der Waals surface area contributed by atoms with Gasteiger partial charge in [0, 0.05) is 24.3 Å². The number of carbonyl (C=O) groups excluding carboxylic acids is 1. The van der Waals surface area contributed by atoms with Gasteiger partial charge in [-0.15, -0.1) is 0 Å². The first-order chi connectivity index (χ1) is 15.2. The zero-order valence-corrected chi connectivity index (χ0v) is 17.1. The number of aromatic amines is 1. The minimum Gasteiger partial charge on any atom is -0.355 e. The fraction of sp³-hybridized carbons (Fsp3) is 0.130. The summed E-state index contributed by atoms with van der Waals surface area (Å²) < 4.78 is 54.9. The zero-order valence-electron chi connectivity index (χ0n) is 17.1. The van der Waals surface area contributed by atoms with Crippen molar-refractivity contribution in [3.05, 3.63) is 77.2 Å². The molecule has 4 rings (SSSR count). The number of H-pyrrole nitrogens is 1. The smallest absolute Gasteiger partial charge is 0.355 e. The van der Waals surface area contributed by atoms with Gasteiger partial charge in [-0.1, -0.05) is 12.1 Å². The molecular weight excluding hydrogens is 424 g/mol. The predicted octanol–water partition coefficient (Wildman–Crippen LogP) is 5.80. The summed E-state index contributed by atoms with van der Waals surface area (Å²) in [5.74, 6) is -0.859. The van der Waals surface area contributed by atoms with E-state index < -0.39 is 23.5 Å². The van der Waals surface area contributed by atoms with Crippen molar-refractivity contribution < 1.29 is 22.4 Å². The lowest BCUT2D eigenvalue weighted by molar-refractivity contribution is -0.137. The summed E-state index contributed by atoms with van der Waals surface area (Å²) in [6.07, 6.45) is -3.94. The molecule has 2 aromatic heterocycles. The summed E-state index contributed by atoms with van der Waals surface area (Å²) in [5.41, 5.74) is 1.15. The summed E-state index contributed by atoms with van der Waals surface area (Å²) in [6, 6.07) is 12.0. The number of fused-ring (bicyclic) bond motifs is 1. The number of pyridine rings is 1. The van der Waals surface area contributed by atoms with Gasteiger partial charge in [0.05, 0.1) is 22.5 Å². The number of hydrogen-bond acceptors (Lipinski definition) is 3. The second kappa shape index (κ2) is 7.99. The van der Waals surface area contributed by atoms with Crippen molar-refractivity contribution in [3.8, 4) is 11.3 Å². The van der Waals surface area contributed by atoms with Crippen LogP contribution in [0.15, 0.2) is 54.7 Å². The van der Waals surface area contributed by atoms with Crippen molar-refractivity contribution in [2.45, 2.75) is 13.1 Å². The van der Waals surface area contributed by atoms with Gasteiger partial charge in [0.1, 0.15) is 11.5 Å². The standard InChI is InChI=1S/C23H18F4N4O/c1-12-4-3-5-15(22(32)28-2)19(12)31-20-16-10-18(13-6-8-14(24)9-7-13)30-21(16)29-11-17(20)23(25,26)27/h3-11H,1-2H3,(H,28,32)(H2,29,30,31). The topological polar surface area (TPSA) is 69.8 Å². The number of benzene rings is 2. The number of carbonyl (C=O) groups is 1. The van der Waals surface area contributed by atoms with Crippen molar-refractivity contribution in [1.29, 1.82) is 0 Å². The van der Waals surface area contributed by atoms with E-state index >= 15 is 0 Å². The highest BCUT2D eigenvalue weighted by atomic mass is 19.4. The molecule has 1 amide bonds. The molecule has 164 valence electrons. The van der Waals surface area contributed by atoms with E-state index in [0.29, 0.717) is 16.8 Å². The first kappa shape index (κ1) is 21.4. The van der Waals surface area contributed by atoms with Gasteiger partial charge in [-0.2, -0.15) is 13.2 Å². The maximum Gasteiger partial charge on any atom is 0.419 e. The van der Waals surface area contributed by atoms with Gasteiger partial charge in [0.15, 0.2) is 0 Å². The lowest BCUT2D eigenvalue weighted by Gasteiger charge is -2.18. The van der Waals surface area contributed by atoms with E-state index in [4.69, 9.17) is 0 Å². The van der Waals surface area contributed by atoms with Crippen LogP contribution in [0.3, 0.4) is 0 Å². The molecule has 0 saturated heterocycles. The molecule has 0 aliphatic rings. The number of amides is 1. The van der Waals surface area contributed by atoms with Crippen LogP contribution in [0.5, 0.6) is 0 Å². The third kappa shape index (κ3) is 3.89. The molecule has 0 fully saturated rings. The van der Waals surface area contributed by atoms with E-state index in [0.717, 1.165) is 6.20 Å². The summed E-state index contributed by atoms with van der Waals surface area (Å²) in [5, 5.41) is 5.53. The van der Waals surface area contributed by atoms with E-state index in [9.17, 15) is 22.4 Å². The Morgan fingerprint density at radius 3 is 2.44 bits per heavy atom. The van der Waals surface area contributed by atoms with Gasteiger partial charge in [-0.3, -0.25) is 4.79 Å². The average molecular weight is 442 g/mol. The number of para-hydroxylation sites is 1. The lowest BCUT2D eigenvalue weighted by atomic mass is 10.0. The van der Waals surface area contributed by atoms with Crippen molar-refractivity contribution >= 4 is 28.3 Å². The Kier molecular flexibility index (Phi) is 5.33. The van der Waals surface area contributed by atoms with Gasteiger partial charge in [-0.25, -0.2) is 9.37 Å². The Hall–Kier alpha value is -3.88. The summed E-state index contributed by atoms with van der Waals surface area (Å²) in [7, 11) is 1.45. The minimum absolute atomic E-state index is 0.185. The molecule has 0 saturated carbocycles. The van der Waals surface area contributed by atoms with Gasteiger partial charge >= 0.3 is 6.18 Å². The van der Waals surface area contributed by atoms with Crippen LogP contribution in [0.2, 0.25) is 0 Å². The van der Waals surface area contributed by atoms with E-state index in [1.165, 1.54) is 43.4 Å². The van der Waals surface area contributed by atoms with Crippen LogP contribution in [0.4, 0.5) is 28.9 Å². The van der Waals surface area contributed by atoms with Gasteiger partial charge in [-0.05, 0) is 54.4 Å². The largest absolute Gasteiger partial charge is 0.419 e. The first-order valence-electron chi connectivity index (χ1n) is 9.62. The number of anilines is 2. The fourth-order valence-corrected chi connectivity index (χ4v) is 3.49. The van der Waals surface area contributed by atoms with Gasteiger partial charge in [0.2, 0.25) is 0 Å². The minimum atomic E-state index is -4.69. The normalized spacial score (nSPS) is 11.6. The SMILES string of the molecule is CNC(=O)c1cccc(C)c1Nc1c(C(F)(F)F)cnc2[nH]c(-c3ccc(F)cc3)cc12. The number of aromatic nitrogens is 2. The van der Waals surface area contributed by atoms with Crippen LogP contribution < -0.4 is 10.6 Å². The molecule has 0 aliphatic heterocycles. The van der Waals surface area contributed by atoms with Crippen LogP contribution in [0.1, 0.15) is 21.5 Å². The molecular formula is C23H18F4N4O. The van der Waals surface area contributed by atoms with Crippen LogP contribution in [-0.2, 0) is 6.18 Å². The third-order valence-corrected chi connectivity index (χ3v) is 5.11. The Morgan fingerprint density at radius 2 is 1.78 bits per heavy atom. The average Bonchev–Trinajstić information content (AvgIpc) is 3.19. The second-order valence-corrected chi connectivity index (χ2v) is 7.20. The van der Waals surface area contributed by atoms with Gasteiger partial charge < -0.3 is 15.6 Å². The molecule has 2 aromatic carbocycles. The molecule has 32 heavy (non-hydrogen) atoms.